The minimum Gasteiger partial charge on any atom is -0.313 e. The van der Waals surface area contributed by atoms with Crippen molar-refractivity contribution in [3.8, 4) is 6.07 Å². The van der Waals surface area contributed by atoms with Gasteiger partial charge in [-0.1, -0.05) is 26.7 Å². The van der Waals surface area contributed by atoms with E-state index in [9.17, 15) is 0 Å². The molecule has 1 aliphatic carbocycles. The number of nitrogens with zero attached hydrogens (tertiary/aromatic N) is 1. The van der Waals surface area contributed by atoms with Gasteiger partial charge in [-0.25, -0.2) is 0 Å². The zero-order chi connectivity index (χ0) is 10.4. The predicted octanol–water partition coefficient (Wildman–Crippen LogP) is 2.85. The van der Waals surface area contributed by atoms with E-state index >= 15 is 0 Å². The zero-order valence-electron chi connectivity index (χ0n) is 9.47. The fourth-order valence-corrected chi connectivity index (χ4v) is 2.32. The van der Waals surface area contributed by atoms with Crippen molar-refractivity contribution in [2.24, 2.45) is 5.41 Å². The van der Waals surface area contributed by atoms with Gasteiger partial charge in [0.15, 0.2) is 0 Å². The lowest BCUT2D eigenvalue weighted by atomic mass is 9.73. The second-order valence-corrected chi connectivity index (χ2v) is 5.00. The van der Waals surface area contributed by atoms with Crippen LogP contribution >= 0.6 is 0 Å². The molecular weight excluding hydrogens is 172 g/mol. The van der Waals surface area contributed by atoms with Crippen LogP contribution in [-0.2, 0) is 0 Å². The van der Waals surface area contributed by atoms with Crippen LogP contribution in [0.25, 0.3) is 0 Å². The van der Waals surface area contributed by atoms with Gasteiger partial charge in [-0.3, -0.25) is 0 Å². The van der Waals surface area contributed by atoms with E-state index in [4.69, 9.17) is 5.26 Å². The molecule has 0 aliphatic heterocycles. The average molecular weight is 194 g/mol. The summed E-state index contributed by atoms with van der Waals surface area (Å²) < 4.78 is 0. The molecule has 1 aliphatic rings. The summed E-state index contributed by atoms with van der Waals surface area (Å²) >= 11 is 0. The number of rotatable bonds is 4. The van der Waals surface area contributed by atoms with Gasteiger partial charge < -0.3 is 5.32 Å². The zero-order valence-corrected chi connectivity index (χ0v) is 9.47. The van der Waals surface area contributed by atoms with Crippen LogP contribution in [0, 0.1) is 16.7 Å². The lowest BCUT2D eigenvalue weighted by Crippen LogP contribution is -2.44. The highest BCUT2D eigenvalue weighted by Crippen LogP contribution is 2.35. The lowest BCUT2D eigenvalue weighted by Gasteiger charge is -2.39. The van der Waals surface area contributed by atoms with E-state index in [1.54, 1.807) is 0 Å². The summed E-state index contributed by atoms with van der Waals surface area (Å²) in [4.78, 5) is 0. The van der Waals surface area contributed by atoms with Gasteiger partial charge in [-0.15, -0.1) is 0 Å². The van der Waals surface area contributed by atoms with Crippen molar-refractivity contribution in [2.75, 3.05) is 6.54 Å². The van der Waals surface area contributed by atoms with Crippen LogP contribution < -0.4 is 5.32 Å². The van der Waals surface area contributed by atoms with Crippen LogP contribution in [0.4, 0.5) is 0 Å². The summed E-state index contributed by atoms with van der Waals surface area (Å²) in [7, 11) is 0. The van der Waals surface area contributed by atoms with E-state index in [1.165, 1.54) is 25.7 Å². The molecule has 0 bridgehead atoms. The Bertz CT molecular complexity index is 203. The van der Waals surface area contributed by atoms with Crippen molar-refractivity contribution in [2.45, 2.75) is 58.4 Å². The van der Waals surface area contributed by atoms with E-state index in [2.05, 4.69) is 25.2 Å². The second kappa shape index (κ2) is 5.36. The molecule has 1 fully saturated rings. The molecule has 1 N–H and O–H groups in total. The Morgan fingerprint density at radius 3 is 2.86 bits per heavy atom. The normalized spacial score (nSPS) is 25.6. The largest absolute Gasteiger partial charge is 0.313 e. The summed E-state index contributed by atoms with van der Waals surface area (Å²) in [6, 6.07) is 2.85. The molecular formula is C12H22N2. The Morgan fingerprint density at radius 2 is 2.21 bits per heavy atom. The molecule has 1 saturated carbocycles. The van der Waals surface area contributed by atoms with Gasteiger partial charge in [0.05, 0.1) is 6.07 Å². The van der Waals surface area contributed by atoms with Crippen LogP contribution in [0.2, 0.25) is 0 Å². The molecule has 0 aromatic heterocycles. The first-order chi connectivity index (χ1) is 6.67. The first-order valence-corrected chi connectivity index (χ1v) is 5.77. The minimum absolute atomic E-state index is 0.449. The van der Waals surface area contributed by atoms with Crippen LogP contribution in [0.1, 0.15) is 52.4 Å². The Morgan fingerprint density at radius 1 is 1.43 bits per heavy atom. The minimum atomic E-state index is 0.449. The summed E-state index contributed by atoms with van der Waals surface area (Å²) in [5.41, 5.74) is 0.449. The molecule has 80 valence electrons. The third-order valence-corrected chi connectivity index (χ3v) is 3.36. The van der Waals surface area contributed by atoms with Gasteiger partial charge in [-0.05, 0) is 31.2 Å². The molecule has 0 saturated heterocycles. The van der Waals surface area contributed by atoms with Crippen LogP contribution in [-0.4, -0.2) is 12.6 Å². The van der Waals surface area contributed by atoms with Gasteiger partial charge in [0.2, 0.25) is 0 Å². The highest BCUT2D eigenvalue weighted by molar-refractivity contribution is 4.87. The van der Waals surface area contributed by atoms with E-state index < -0.39 is 0 Å². The number of hydrogen-bond acceptors (Lipinski definition) is 2. The standard InChI is InChI=1S/C12H22N2/c1-12(2)8-4-3-7-11(12)14-10-6-5-9-13/h11,14H,3-8,10H2,1-2H3. The van der Waals surface area contributed by atoms with Crippen LogP contribution in [0.3, 0.4) is 0 Å². The topological polar surface area (TPSA) is 35.8 Å². The van der Waals surface area contributed by atoms with Crippen molar-refractivity contribution in [1.82, 2.24) is 5.32 Å². The molecule has 0 aromatic carbocycles. The third-order valence-electron chi connectivity index (χ3n) is 3.36. The van der Waals surface area contributed by atoms with Gasteiger partial charge in [0.25, 0.3) is 0 Å². The molecule has 2 heteroatoms. The lowest BCUT2D eigenvalue weighted by molar-refractivity contribution is 0.168. The smallest absolute Gasteiger partial charge is 0.0622 e. The first kappa shape index (κ1) is 11.5. The van der Waals surface area contributed by atoms with E-state index in [0.29, 0.717) is 17.9 Å². The third kappa shape index (κ3) is 3.31. The quantitative estimate of drug-likeness (QED) is 0.698. The van der Waals surface area contributed by atoms with Gasteiger partial charge >= 0.3 is 0 Å². The van der Waals surface area contributed by atoms with Crippen molar-refractivity contribution in [1.29, 1.82) is 5.26 Å². The number of nitriles is 1. The Hall–Kier alpha value is -0.550. The summed E-state index contributed by atoms with van der Waals surface area (Å²) in [6.07, 6.45) is 7.05. The van der Waals surface area contributed by atoms with Crippen LogP contribution in [0.5, 0.6) is 0 Å². The maximum atomic E-state index is 8.43. The van der Waals surface area contributed by atoms with Crippen molar-refractivity contribution in [3.05, 3.63) is 0 Å². The molecule has 0 heterocycles. The second-order valence-electron chi connectivity index (χ2n) is 5.00. The summed E-state index contributed by atoms with van der Waals surface area (Å²) in [5.74, 6) is 0. The van der Waals surface area contributed by atoms with Gasteiger partial charge in [0.1, 0.15) is 0 Å². The Labute approximate surface area is 87.7 Å². The van der Waals surface area contributed by atoms with Crippen molar-refractivity contribution in [3.63, 3.8) is 0 Å². The molecule has 0 radical (unpaired) electrons. The molecule has 1 unspecified atom stereocenters. The molecule has 0 aromatic rings. The number of hydrogen-bond donors (Lipinski definition) is 1. The molecule has 1 atom stereocenters. The molecule has 0 spiro atoms. The fraction of sp³-hybridized carbons (Fsp3) is 0.917. The summed E-state index contributed by atoms with van der Waals surface area (Å²) in [6.45, 7) is 5.71. The predicted molar refractivity (Wildman–Crippen MR) is 58.9 cm³/mol. The maximum absolute atomic E-state index is 8.43. The average Bonchev–Trinajstić information content (AvgIpc) is 2.14. The van der Waals surface area contributed by atoms with E-state index in [-0.39, 0.29) is 0 Å². The SMILES string of the molecule is CC1(C)CCCCC1NCCCC#N. The van der Waals surface area contributed by atoms with E-state index in [1.807, 2.05) is 0 Å². The molecule has 2 nitrogen and oxygen atoms in total. The molecule has 1 rings (SSSR count). The summed E-state index contributed by atoms with van der Waals surface area (Å²) in [5, 5.41) is 12.0. The monoisotopic (exact) mass is 194 g/mol. The Kier molecular flexibility index (Phi) is 4.41. The maximum Gasteiger partial charge on any atom is 0.0622 e. The number of nitrogens with one attached hydrogen (secondary N) is 1. The first-order valence-electron chi connectivity index (χ1n) is 5.77. The number of unbranched alkanes of at least 4 members (excludes halogenated alkanes) is 1. The van der Waals surface area contributed by atoms with E-state index in [0.717, 1.165) is 13.0 Å². The fourth-order valence-electron chi connectivity index (χ4n) is 2.32. The molecule has 0 amide bonds. The van der Waals surface area contributed by atoms with Gasteiger partial charge in [0, 0.05) is 12.5 Å². The van der Waals surface area contributed by atoms with Crippen molar-refractivity contribution >= 4 is 0 Å². The highest BCUT2D eigenvalue weighted by Gasteiger charge is 2.31. The molecule has 14 heavy (non-hydrogen) atoms. The van der Waals surface area contributed by atoms with Gasteiger partial charge in [-0.2, -0.15) is 5.26 Å². The van der Waals surface area contributed by atoms with Crippen LogP contribution in [0.15, 0.2) is 0 Å². The highest BCUT2D eigenvalue weighted by atomic mass is 14.9. The Balaban J connectivity index is 2.24. The van der Waals surface area contributed by atoms with Crippen molar-refractivity contribution < 1.29 is 0 Å².